The molecule has 106 valence electrons. The summed E-state index contributed by atoms with van der Waals surface area (Å²) >= 11 is 0. The number of benzene rings is 1. The number of halogens is 3. The lowest BCUT2D eigenvalue weighted by molar-refractivity contribution is -0.385. The van der Waals surface area contributed by atoms with Crippen LogP contribution in [0.4, 0.5) is 18.9 Å². The lowest BCUT2D eigenvalue weighted by Gasteiger charge is -2.07. The van der Waals surface area contributed by atoms with Gasteiger partial charge in [-0.1, -0.05) is 12.1 Å². The molecule has 0 amide bonds. The third-order valence-electron chi connectivity index (χ3n) is 2.74. The zero-order chi connectivity index (χ0) is 14.9. The molecule has 1 aromatic carbocycles. The highest BCUT2D eigenvalue weighted by Gasteiger charge is 2.29. The number of rotatable bonds is 3. The zero-order valence-electron chi connectivity index (χ0n) is 10.4. The summed E-state index contributed by atoms with van der Waals surface area (Å²) < 4.78 is 38.5. The van der Waals surface area contributed by atoms with Gasteiger partial charge in [-0.2, -0.15) is 18.3 Å². The third kappa shape index (κ3) is 2.95. The Hall–Kier alpha value is -2.38. The van der Waals surface area contributed by atoms with Crippen molar-refractivity contribution in [3.63, 3.8) is 0 Å². The van der Waals surface area contributed by atoms with Crippen LogP contribution in [0.15, 0.2) is 30.5 Å². The Morgan fingerprint density at radius 1 is 1.30 bits per heavy atom. The van der Waals surface area contributed by atoms with Crippen molar-refractivity contribution in [2.75, 3.05) is 0 Å². The summed E-state index contributed by atoms with van der Waals surface area (Å²) in [6.07, 6.45) is -3.12. The van der Waals surface area contributed by atoms with Gasteiger partial charge in [-0.05, 0) is 24.6 Å². The van der Waals surface area contributed by atoms with Crippen molar-refractivity contribution in [3.8, 4) is 0 Å². The summed E-state index contributed by atoms with van der Waals surface area (Å²) in [4.78, 5) is 10.1. The number of nitro groups is 1. The van der Waals surface area contributed by atoms with Crippen molar-refractivity contribution in [2.45, 2.75) is 19.6 Å². The van der Waals surface area contributed by atoms with Crippen LogP contribution in [-0.2, 0) is 12.7 Å². The van der Waals surface area contributed by atoms with Gasteiger partial charge in [0.25, 0.3) is 0 Å². The van der Waals surface area contributed by atoms with Gasteiger partial charge in [0.2, 0.25) is 0 Å². The van der Waals surface area contributed by atoms with Gasteiger partial charge < -0.3 is 0 Å². The Labute approximate surface area is 111 Å². The second kappa shape index (κ2) is 4.95. The van der Waals surface area contributed by atoms with Crippen LogP contribution in [0.1, 0.15) is 16.8 Å². The van der Waals surface area contributed by atoms with E-state index in [1.807, 2.05) is 0 Å². The Balaban J connectivity index is 2.18. The van der Waals surface area contributed by atoms with Crippen molar-refractivity contribution in [1.82, 2.24) is 9.78 Å². The Bertz CT molecular complexity index is 632. The number of alkyl halides is 3. The largest absolute Gasteiger partial charge is 0.416 e. The fraction of sp³-hybridized carbons (Fsp3) is 0.250. The minimum absolute atomic E-state index is 0.114. The second-order valence-electron chi connectivity index (χ2n) is 4.25. The van der Waals surface area contributed by atoms with E-state index >= 15 is 0 Å². The van der Waals surface area contributed by atoms with E-state index in [-0.39, 0.29) is 17.9 Å². The maximum Gasteiger partial charge on any atom is 0.416 e. The van der Waals surface area contributed by atoms with Gasteiger partial charge in [0, 0.05) is 0 Å². The molecule has 5 nitrogen and oxygen atoms in total. The molecule has 0 saturated heterocycles. The van der Waals surface area contributed by atoms with Crippen LogP contribution in [-0.4, -0.2) is 14.7 Å². The first-order valence-electron chi connectivity index (χ1n) is 5.62. The number of nitrogens with zero attached hydrogens (tertiary/aromatic N) is 3. The van der Waals surface area contributed by atoms with E-state index in [1.165, 1.54) is 29.9 Å². The molecular weight excluding hydrogens is 275 g/mol. The Kier molecular flexibility index (Phi) is 3.47. The van der Waals surface area contributed by atoms with E-state index < -0.39 is 16.7 Å². The van der Waals surface area contributed by atoms with E-state index in [9.17, 15) is 23.3 Å². The Morgan fingerprint density at radius 2 is 1.90 bits per heavy atom. The van der Waals surface area contributed by atoms with Gasteiger partial charge in [0.1, 0.15) is 11.9 Å². The predicted octanol–water partition coefficient (Wildman–Crippen LogP) is 3.17. The summed E-state index contributed by atoms with van der Waals surface area (Å²) in [6, 6.07) is 4.59. The summed E-state index contributed by atoms with van der Waals surface area (Å²) in [5.41, 5.74) is -0.00176. The topological polar surface area (TPSA) is 61.0 Å². The van der Waals surface area contributed by atoms with E-state index in [4.69, 9.17) is 0 Å². The molecule has 0 N–H and O–H groups in total. The summed E-state index contributed by atoms with van der Waals surface area (Å²) in [5.74, 6) is 0. The van der Waals surface area contributed by atoms with Gasteiger partial charge in [-0.25, -0.2) is 0 Å². The highest BCUT2D eigenvalue weighted by atomic mass is 19.4. The summed E-state index contributed by atoms with van der Waals surface area (Å²) in [7, 11) is 0. The quantitative estimate of drug-likeness (QED) is 0.642. The normalized spacial score (nSPS) is 11.6. The van der Waals surface area contributed by atoms with Gasteiger partial charge in [0.05, 0.1) is 17.0 Å². The smallest absolute Gasteiger partial charge is 0.261 e. The van der Waals surface area contributed by atoms with E-state index in [0.717, 1.165) is 12.1 Å². The van der Waals surface area contributed by atoms with Crippen molar-refractivity contribution in [3.05, 3.63) is 57.4 Å². The predicted molar refractivity (Wildman–Crippen MR) is 64.2 cm³/mol. The molecule has 0 atom stereocenters. The molecule has 2 aromatic rings. The molecule has 1 aromatic heterocycles. The molecule has 1 heterocycles. The molecule has 0 aliphatic carbocycles. The summed E-state index contributed by atoms with van der Waals surface area (Å²) in [6.45, 7) is 1.67. The first-order valence-corrected chi connectivity index (χ1v) is 5.62. The molecule has 0 saturated carbocycles. The molecule has 0 aliphatic rings. The molecule has 0 radical (unpaired) electrons. The van der Waals surface area contributed by atoms with Gasteiger partial charge in [0.15, 0.2) is 0 Å². The van der Waals surface area contributed by atoms with Crippen molar-refractivity contribution >= 4 is 5.69 Å². The third-order valence-corrected chi connectivity index (χ3v) is 2.74. The molecule has 0 aliphatic heterocycles. The average Bonchev–Trinajstić information content (AvgIpc) is 2.70. The average molecular weight is 285 g/mol. The van der Waals surface area contributed by atoms with Gasteiger partial charge in [-0.3, -0.25) is 14.8 Å². The highest BCUT2D eigenvalue weighted by Crippen LogP contribution is 2.29. The summed E-state index contributed by atoms with van der Waals surface area (Å²) in [5, 5.41) is 14.6. The lowest BCUT2D eigenvalue weighted by Crippen LogP contribution is -2.05. The van der Waals surface area contributed by atoms with Crippen molar-refractivity contribution < 1.29 is 18.1 Å². The molecule has 0 spiro atoms. The number of aromatic nitrogens is 2. The maximum absolute atomic E-state index is 12.4. The monoisotopic (exact) mass is 285 g/mol. The highest BCUT2D eigenvalue weighted by molar-refractivity contribution is 5.32. The zero-order valence-corrected chi connectivity index (χ0v) is 10.4. The minimum Gasteiger partial charge on any atom is -0.261 e. The molecular formula is C12H10F3N3O2. The fourth-order valence-electron chi connectivity index (χ4n) is 1.75. The van der Waals surface area contributed by atoms with Crippen LogP contribution in [0.25, 0.3) is 0 Å². The first kappa shape index (κ1) is 14.0. The fourth-order valence-corrected chi connectivity index (χ4v) is 1.75. The van der Waals surface area contributed by atoms with Crippen LogP contribution in [0.3, 0.4) is 0 Å². The molecule has 0 bridgehead atoms. The first-order chi connectivity index (χ1) is 9.27. The number of hydrogen-bond acceptors (Lipinski definition) is 3. The lowest BCUT2D eigenvalue weighted by atomic mass is 10.1. The molecule has 0 unspecified atom stereocenters. The van der Waals surface area contributed by atoms with Crippen molar-refractivity contribution in [2.24, 2.45) is 0 Å². The van der Waals surface area contributed by atoms with E-state index in [1.54, 1.807) is 0 Å². The maximum atomic E-state index is 12.4. The number of aryl methyl sites for hydroxylation is 1. The van der Waals surface area contributed by atoms with Gasteiger partial charge >= 0.3 is 11.9 Å². The van der Waals surface area contributed by atoms with Crippen LogP contribution < -0.4 is 0 Å². The molecule has 2 rings (SSSR count). The molecule has 20 heavy (non-hydrogen) atoms. The van der Waals surface area contributed by atoms with Crippen LogP contribution in [0, 0.1) is 17.0 Å². The van der Waals surface area contributed by atoms with Crippen LogP contribution >= 0.6 is 0 Å². The number of hydrogen-bond donors (Lipinski definition) is 0. The van der Waals surface area contributed by atoms with E-state index in [0.29, 0.717) is 5.56 Å². The SMILES string of the molecule is Cc1nn(Cc2ccc(C(F)(F)F)cc2)cc1[N+](=O)[O-]. The van der Waals surface area contributed by atoms with Crippen molar-refractivity contribution in [1.29, 1.82) is 0 Å². The Morgan fingerprint density at radius 3 is 2.35 bits per heavy atom. The van der Waals surface area contributed by atoms with Crippen LogP contribution in [0.2, 0.25) is 0 Å². The second-order valence-corrected chi connectivity index (χ2v) is 4.25. The minimum atomic E-state index is -4.38. The van der Waals surface area contributed by atoms with Gasteiger partial charge in [-0.15, -0.1) is 0 Å². The van der Waals surface area contributed by atoms with Crippen LogP contribution in [0.5, 0.6) is 0 Å². The standard InChI is InChI=1S/C12H10F3N3O2/c1-8-11(18(19)20)7-17(16-8)6-9-2-4-10(5-3-9)12(13,14)15/h2-5,7H,6H2,1H3. The molecule has 0 fully saturated rings. The van der Waals surface area contributed by atoms with E-state index in [2.05, 4.69) is 5.10 Å². The molecule has 8 heteroatoms.